The number of rotatable bonds is 6. The zero-order valence-electron chi connectivity index (χ0n) is 17.3. The summed E-state index contributed by atoms with van der Waals surface area (Å²) in [5.41, 5.74) is -4.11. The van der Waals surface area contributed by atoms with Gasteiger partial charge < -0.3 is 14.4 Å². The maximum atomic E-state index is 14.2. The van der Waals surface area contributed by atoms with Crippen LogP contribution < -0.4 is 10.2 Å². The summed E-state index contributed by atoms with van der Waals surface area (Å²) in [6.07, 6.45) is -4.46. The van der Waals surface area contributed by atoms with E-state index in [2.05, 4.69) is 0 Å². The van der Waals surface area contributed by atoms with Gasteiger partial charge in [0.2, 0.25) is 0 Å². The summed E-state index contributed by atoms with van der Waals surface area (Å²) in [5.74, 6) is -0.722. The minimum Gasteiger partial charge on any atom is -0.494 e. The number of hydrogen-bond donors (Lipinski definition) is 1. The van der Waals surface area contributed by atoms with E-state index in [4.69, 9.17) is 4.74 Å². The number of para-hydroxylation sites is 1. The fourth-order valence-corrected chi connectivity index (χ4v) is 3.85. The van der Waals surface area contributed by atoms with Gasteiger partial charge in [-0.2, -0.15) is 13.2 Å². The van der Waals surface area contributed by atoms with E-state index in [9.17, 15) is 27.5 Å². The molecule has 166 valence electrons. The molecule has 3 aromatic rings. The Morgan fingerprint density at radius 1 is 1.06 bits per heavy atom. The monoisotopic (exact) mass is 437 g/mol. The SMILES string of the molecule is COc1ccc(C(C)(C)CC(O)(Cn2ccc(=O)c3ccccc32)C(F)(F)F)cc1F. The molecule has 0 bridgehead atoms. The van der Waals surface area contributed by atoms with Gasteiger partial charge >= 0.3 is 6.18 Å². The highest BCUT2D eigenvalue weighted by molar-refractivity contribution is 5.78. The van der Waals surface area contributed by atoms with E-state index in [-0.39, 0.29) is 22.1 Å². The molecule has 0 spiro atoms. The van der Waals surface area contributed by atoms with Crippen molar-refractivity contribution in [2.24, 2.45) is 0 Å². The van der Waals surface area contributed by atoms with Crippen molar-refractivity contribution in [3.8, 4) is 5.75 Å². The molecule has 0 aliphatic heterocycles. The van der Waals surface area contributed by atoms with E-state index in [1.54, 1.807) is 12.1 Å². The lowest BCUT2D eigenvalue weighted by molar-refractivity contribution is -0.271. The highest BCUT2D eigenvalue weighted by Gasteiger charge is 2.56. The number of aliphatic hydroxyl groups is 1. The summed E-state index contributed by atoms with van der Waals surface area (Å²) in [6, 6.07) is 11.4. The lowest BCUT2D eigenvalue weighted by Crippen LogP contribution is -2.52. The van der Waals surface area contributed by atoms with Gasteiger partial charge in [-0.15, -0.1) is 0 Å². The Labute approximate surface area is 176 Å². The lowest BCUT2D eigenvalue weighted by atomic mass is 9.74. The van der Waals surface area contributed by atoms with Gasteiger partial charge in [-0.05, 0) is 41.7 Å². The average molecular weight is 437 g/mol. The fourth-order valence-electron chi connectivity index (χ4n) is 3.85. The van der Waals surface area contributed by atoms with Gasteiger partial charge in [-0.1, -0.05) is 32.0 Å². The molecule has 31 heavy (non-hydrogen) atoms. The number of ether oxygens (including phenoxy) is 1. The summed E-state index contributed by atoms with van der Waals surface area (Å²) in [5, 5.41) is 11.1. The van der Waals surface area contributed by atoms with Crippen LogP contribution in [0.2, 0.25) is 0 Å². The molecular weight excluding hydrogens is 414 g/mol. The largest absolute Gasteiger partial charge is 0.494 e. The van der Waals surface area contributed by atoms with Gasteiger partial charge in [-0.25, -0.2) is 4.39 Å². The number of halogens is 4. The number of aromatic nitrogens is 1. The minimum atomic E-state index is -4.97. The maximum absolute atomic E-state index is 14.2. The molecule has 1 atom stereocenters. The Bertz CT molecular complexity index is 1150. The second-order valence-electron chi connectivity index (χ2n) is 8.26. The first-order chi connectivity index (χ1) is 14.4. The van der Waals surface area contributed by atoms with Crippen molar-refractivity contribution in [1.29, 1.82) is 0 Å². The van der Waals surface area contributed by atoms with Crippen LogP contribution in [0.25, 0.3) is 10.9 Å². The predicted molar refractivity (Wildman–Crippen MR) is 110 cm³/mol. The van der Waals surface area contributed by atoms with E-state index in [0.29, 0.717) is 5.56 Å². The molecule has 4 nitrogen and oxygen atoms in total. The van der Waals surface area contributed by atoms with Crippen LogP contribution in [-0.2, 0) is 12.0 Å². The van der Waals surface area contributed by atoms with E-state index >= 15 is 0 Å². The topological polar surface area (TPSA) is 51.5 Å². The van der Waals surface area contributed by atoms with Crippen LogP contribution in [-0.4, -0.2) is 28.6 Å². The molecule has 0 aliphatic rings. The van der Waals surface area contributed by atoms with Gasteiger partial charge in [0.15, 0.2) is 22.6 Å². The third-order valence-corrected chi connectivity index (χ3v) is 5.51. The van der Waals surface area contributed by atoms with Crippen LogP contribution in [0.5, 0.6) is 5.75 Å². The summed E-state index contributed by atoms with van der Waals surface area (Å²) in [7, 11) is 1.29. The Kier molecular flexibility index (Phi) is 5.88. The van der Waals surface area contributed by atoms with Crippen molar-refractivity contribution >= 4 is 10.9 Å². The molecule has 8 heteroatoms. The number of nitrogens with zero attached hydrogens (tertiary/aromatic N) is 1. The van der Waals surface area contributed by atoms with E-state index < -0.39 is 36.0 Å². The van der Waals surface area contributed by atoms with Crippen LogP contribution in [0, 0.1) is 5.82 Å². The maximum Gasteiger partial charge on any atom is 0.418 e. The minimum absolute atomic E-state index is 0.0228. The highest BCUT2D eigenvalue weighted by Crippen LogP contribution is 2.43. The number of fused-ring (bicyclic) bond motifs is 1. The number of benzene rings is 2. The van der Waals surface area contributed by atoms with E-state index in [0.717, 1.165) is 6.07 Å². The predicted octanol–water partition coefficient (Wildman–Crippen LogP) is 4.81. The van der Waals surface area contributed by atoms with Crippen LogP contribution in [0.1, 0.15) is 25.8 Å². The fraction of sp³-hybridized carbons (Fsp3) is 0.348. The third-order valence-electron chi connectivity index (χ3n) is 5.51. The Morgan fingerprint density at radius 2 is 1.74 bits per heavy atom. The van der Waals surface area contributed by atoms with Crippen LogP contribution >= 0.6 is 0 Å². The smallest absolute Gasteiger partial charge is 0.418 e. The van der Waals surface area contributed by atoms with Crippen LogP contribution in [0.4, 0.5) is 17.6 Å². The number of hydrogen-bond acceptors (Lipinski definition) is 3. The van der Waals surface area contributed by atoms with Crippen molar-refractivity contribution < 1.29 is 27.4 Å². The molecule has 0 amide bonds. The number of pyridine rings is 1. The molecule has 1 aromatic heterocycles. The Morgan fingerprint density at radius 3 is 2.35 bits per heavy atom. The molecule has 1 N–H and O–H groups in total. The van der Waals surface area contributed by atoms with Crippen molar-refractivity contribution in [3.63, 3.8) is 0 Å². The van der Waals surface area contributed by atoms with Crippen molar-refractivity contribution in [3.05, 3.63) is 76.3 Å². The van der Waals surface area contributed by atoms with Crippen molar-refractivity contribution in [2.45, 2.75) is 44.0 Å². The molecule has 3 rings (SSSR count). The summed E-state index contributed by atoms with van der Waals surface area (Å²) < 4.78 is 62.5. The standard InChI is InChI=1S/C23H23F4NO3/c1-21(2,15-8-9-20(31-3)17(24)12-15)13-22(30,23(25,26)27)14-28-11-10-19(29)16-6-4-5-7-18(16)28/h4-12,30H,13-14H2,1-3H3. The van der Waals surface area contributed by atoms with Crippen molar-refractivity contribution in [2.75, 3.05) is 7.11 Å². The first kappa shape index (κ1) is 22.8. The molecular formula is C23H23F4NO3. The first-order valence-corrected chi connectivity index (χ1v) is 9.59. The van der Waals surface area contributed by atoms with Crippen molar-refractivity contribution in [1.82, 2.24) is 4.57 Å². The first-order valence-electron chi connectivity index (χ1n) is 9.59. The quantitative estimate of drug-likeness (QED) is 0.563. The normalized spacial score (nSPS) is 14.5. The number of alkyl halides is 3. The van der Waals surface area contributed by atoms with Gasteiger partial charge in [0.25, 0.3) is 0 Å². The molecule has 0 saturated carbocycles. The second-order valence-corrected chi connectivity index (χ2v) is 8.26. The molecule has 2 aromatic carbocycles. The molecule has 0 aliphatic carbocycles. The Balaban J connectivity index is 2.03. The zero-order valence-corrected chi connectivity index (χ0v) is 17.3. The van der Waals surface area contributed by atoms with Gasteiger partial charge in [0, 0.05) is 17.6 Å². The summed E-state index contributed by atoms with van der Waals surface area (Å²) >= 11 is 0. The van der Waals surface area contributed by atoms with Gasteiger partial charge in [0.1, 0.15) is 0 Å². The summed E-state index contributed by atoms with van der Waals surface area (Å²) in [6.45, 7) is 2.20. The van der Waals surface area contributed by atoms with Gasteiger partial charge in [-0.3, -0.25) is 4.79 Å². The second kappa shape index (κ2) is 8.00. The number of methoxy groups -OCH3 is 1. The van der Waals surface area contributed by atoms with Crippen LogP contribution in [0.15, 0.2) is 59.5 Å². The summed E-state index contributed by atoms with van der Waals surface area (Å²) in [4.78, 5) is 12.0. The molecule has 1 heterocycles. The van der Waals surface area contributed by atoms with Gasteiger partial charge in [0.05, 0.1) is 19.2 Å². The zero-order chi connectivity index (χ0) is 23.0. The third kappa shape index (κ3) is 4.44. The van der Waals surface area contributed by atoms with E-state index in [1.165, 1.54) is 62.1 Å². The molecule has 1 unspecified atom stereocenters. The molecule has 0 saturated heterocycles. The van der Waals surface area contributed by atoms with Crippen LogP contribution in [0.3, 0.4) is 0 Å². The van der Waals surface area contributed by atoms with E-state index in [1.807, 2.05) is 0 Å². The lowest BCUT2D eigenvalue weighted by Gasteiger charge is -2.38. The highest BCUT2D eigenvalue weighted by atomic mass is 19.4. The molecule has 0 fully saturated rings. The molecule has 0 radical (unpaired) electrons. The Hall–Kier alpha value is -2.87. The average Bonchev–Trinajstić information content (AvgIpc) is 2.69.